The number of thiophene rings is 1. The number of piperazine rings is 1. The minimum Gasteiger partial charge on any atom is -0.397 e. The monoisotopic (exact) mass is 493 g/mol. The summed E-state index contributed by atoms with van der Waals surface area (Å²) in [4.78, 5) is 31.8. The molecule has 2 N–H and O–H groups in total. The van der Waals surface area contributed by atoms with Gasteiger partial charge in [0.2, 0.25) is 11.9 Å². The number of thioether (sulfide) groups is 1. The number of carbonyl (C=O) groups excluding carboxylic acids is 1. The number of amides is 1. The second-order valence-electron chi connectivity index (χ2n) is 8.31. The molecule has 0 unspecified atom stereocenters. The molecule has 0 atom stereocenters. The van der Waals surface area contributed by atoms with Gasteiger partial charge in [-0.2, -0.15) is 0 Å². The van der Waals surface area contributed by atoms with Crippen LogP contribution in [0.1, 0.15) is 18.9 Å². The molecule has 34 heavy (non-hydrogen) atoms. The first-order valence-electron chi connectivity index (χ1n) is 11.2. The molecule has 1 saturated heterocycles. The van der Waals surface area contributed by atoms with E-state index in [1.165, 1.54) is 23.1 Å². The van der Waals surface area contributed by atoms with Crippen LogP contribution in [-0.4, -0.2) is 72.5 Å². The maximum atomic E-state index is 12.9. The topological polar surface area (TPSA) is 119 Å². The Hall–Kier alpha value is -3.25. The zero-order chi connectivity index (χ0) is 23.1. The third kappa shape index (κ3) is 3.96. The zero-order valence-corrected chi connectivity index (χ0v) is 20.0. The lowest BCUT2D eigenvalue weighted by atomic mass is 10.2. The number of rotatable bonds is 6. The molecule has 12 heteroatoms. The lowest BCUT2D eigenvalue weighted by Gasteiger charge is -2.34. The molecule has 4 aromatic rings. The van der Waals surface area contributed by atoms with Gasteiger partial charge in [0.25, 0.3) is 0 Å². The van der Waals surface area contributed by atoms with Crippen LogP contribution in [0.5, 0.6) is 0 Å². The highest BCUT2D eigenvalue weighted by atomic mass is 32.2. The average molecular weight is 494 g/mol. The van der Waals surface area contributed by atoms with Gasteiger partial charge in [0.15, 0.2) is 11.0 Å². The summed E-state index contributed by atoms with van der Waals surface area (Å²) in [7, 11) is 0. The highest BCUT2D eigenvalue weighted by Gasteiger charge is 2.32. The highest BCUT2D eigenvalue weighted by Crippen LogP contribution is 2.45. The Balaban J connectivity index is 1.15. The van der Waals surface area contributed by atoms with Crippen LogP contribution in [0.2, 0.25) is 0 Å². The quantitative estimate of drug-likeness (QED) is 0.404. The fourth-order valence-corrected chi connectivity index (χ4v) is 6.09. The van der Waals surface area contributed by atoms with E-state index in [0.717, 1.165) is 52.0 Å². The number of carbonyl (C=O) groups is 1. The number of nitrogen functional groups attached to an aromatic ring is 1. The van der Waals surface area contributed by atoms with Crippen molar-refractivity contribution in [2.45, 2.75) is 24.0 Å². The summed E-state index contributed by atoms with van der Waals surface area (Å²) in [5.41, 5.74) is 7.14. The summed E-state index contributed by atoms with van der Waals surface area (Å²) in [5, 5.41) is 10.6. The van der Waals surface area contributed by atoms with Crippen molar-refractivity contribution in [2.75, 3.05) is 42.6 Å². The normalized spacial score (nSPS) is 16.4. The van der Waals surface area contributed by atoms with Gasteiger partial charge < -0.3 is 15.5 Å². The second-order valence-corrected chi connectivity index (χ2v) is 10.3. The van der Waals surface area contributed by atoms with Gasteiger partial charge in [-0.3, -0.25) is 9.36 Å². The molecule has 2 fully saturated rings. The minimum atomic E-state index is 0.108. The molecule has 174 valence electrons. The van der Waals surface area contributed by atoms with E-state index in [0.29, 0.717) is 36.5 Å². The number of hydrogen-bond acceptors (Lipinski definition) is 10. The molecular weight excluding hydrogens is 470 g/mol. The molecule has 1 amide bonds. The second kappa shape index (κ2) is 8.84. The van der Waals surface area contributed by atoms with E-state index in [1.807, 2.05) is 17.0 Å². The van der Waals surface area contributed by atoms with Crippen LogP contribution in [0.3, 0.4) is 0 Å². The van der Waals surface area contributed by atoms with Crippen molar-refractivity contribution < 1.29 is 4.79 Å². The van der Waals surface area contributed by atoms with Gasteiger partial charge in [-0.1, -0.05) is 11.8 Å². The van der Waals surface area contributed by atoms with E-state index < -0.39 is 0 Å². The zero-order valence-electron chi connectivity index (χ0n) is 18.4. The molecular formula is C22H23N9OS2. The summed E-state index contributed by atoms with van der Waals surface area (Å²) in [6, 6.07) is 6.03. The van der Waals surface area contributed by atoms with Crippen molar-refractivity contribution in [3.63, 3.8) is 0 Å². The lowest BCUT2D eigenvalue weighted by molar-refractivity contribution is -0.128. The summed E-state index contributed by atoms with van der Waals surface area (Å²) >= 11 is 2.99. The fraction of sp³-hybridized carbons (Fsp3) is 0.364. The molecule has 1 aliphatic heterocycles. The van der Waals surface area contributed by atoms with Crippen molar-refractivity contribution in [1.82, 2.24) is 34.6 Å². The van der Waals surface area contributed by atoms with Crippen molar-refractivity contribution >= 4 is 50.9 Å². The van der Waals surface area contributed by atoms with E-state index in [4.69, 9.17) is 5.73 Å². The van der Waals surface area contributed by atoms with E-state index in [9.17, 15) is 4.79 Å². The molecule has 0 aromatic carbocycles. The summed E-state index contributed by atoms with van der Waals surface area (Å²) < 4.78 is 2.16. The van der Waals surface area contributed by atoms with Crippen LogP contribution in [0.4, 0.5) is 11.6 Å². The average Bonchev–Trinajstić information content (AvgIpc) is 3.56. The Bertz CT molecular complexity index is 1330. The maximum Gasteiger partial charge on any atom is 0.233 e. The van der Waals surface area contributed by atoms with Gasteiger partial charge in [-0.15, -0.1) is 21.5 Å². The Kier molecular flexibility index (Phi) is 5.53. The lowest BCUT2D eigenvalue weighted by Crippen LogP contribution is -2.49. The first kappa shape index (κ1) is 21.3. The summed E-state index contributed by atoms with van der Waals surface area (Å²) in [6.07, 6.45) is 7.42. The Morgan fingerprint density at radius 2 is 1.82 bits per heavy atom. The molecule has 4 aromatic heterocycles. The predicted octanol–water partition coefficient (Wildman–Crippen LogP) is 2.70. The smallest absolute Gasteiger partial charge is 0.233 e. The van der Waals surface area contributed by atoms with E-state index >= 15 is 0 Å². The van der Waals surface area contributed by atoms with E-state index in [2.05, 4.69) is 34.6 Å². The Morgan fingerprint density at radius 3 is 2.56 bits per heavy atom. The van der Waals surface area contributed by atoms with Gasteiger partial charge in [-0.05, 0) is 31.0 Å². The number of pyridine rings is 1. The largest absolute Gasteiger partial charge is 0.397 e. The van der Waals surface area contributed by atoms with Crippen LogP contribution in [0.25, 0.3) is 20.9 Å². The number of anilines is 2. The summed E-state index contributed by atoms with van der Waals surface area (Å²) in [6.45, 7) is 2.76. The van der Waals surface area contributed by atoms with Crippen LogP contribution < -0.4 is 10.6 Å². The molecule has 2 aliphatic rings. The molecule has 1 saturated carbocycles. The predicted molar refractivity (Wildman–Crippen MR) is 133 cm³/mol. The van der Waals surface area contributed by atoms with Gasteiger partial charge in [-0.25, -0.2) is 15.0 Å². The highest BCUT2D eigenvalue weighted by molar-refractivity contribution is 7.99. The van der Waals surface area contributed by atoms with Crippen LogP contribution in [0, 0.1) is 0 Å². The molecule has 1 aliphatic carbocycles. The Morgan fingerprint density at radius 1 is 1.06 bits per heavy atom. The van der Waals surface area contributed by atoms with Gasteiger partial charge in [0, 0.05) is 56.2 Å². The van der Waals surface area contributed by atoms with Gasteiger partial charge >= 0.3 is 0 Å². The first-order valence-corrected chi connectivity index (χ1v) is 13.0. The SMILES string of the molecule is Nc1c(-c2nnc(SCC(=O)N3CCN(c4ncccn4)CC3)n2C2CC2)sc2ncccc12. The third-order valence-corrected chi connectivity index (χ3v) is 8.13. The fourth-order valence-electron chi connectivity index (χ4n) is 4.14. The van der Waals surface area contributed by atoms with Crippen molar-refractivity contribution in [1.29, 1.82) is 0 Å². The minimum absolute atomic E-state index is 0.108. The Labute approximate surface area is 204 Å². The van der Waals surface area contributed by atoms with Crippen molar-refractivity contribution in [3.8, 4) is 10.7 Å². The number of hydrogen-bond donors (Lipinski definition) is 1. The molecule has 0 radical (unpaired) electrons. The number of aromatic nitrogens is 6. The molecule has 0 spiro atoms. The molecule has 10 nitrogen and oxygen atoms in total. The van der Waals surface area contributed by atoms with Crippen LogP contribution in [-0.2, 0) is 4.79 Å². The van der Waals surface area contributed by atoms with Gasteiger partial charge in [0.1, 0.15) is 4.83 Å². The van der Waals surface area contributed by atoms with E-state index in [-0.39, 0.29) is 5.91 Å². The van der Waals surface area contributed by atoms with Crippen molar-refractivity contribution in [2.24, 2.45) is 0 Å². The third-order valence-electron chi connectivity index (χ3n) is 6.08. The number of nitrogens with zero attached hydrogens (tertiary/aromatic N) is 8. The molecule has 5 heterocycles. The van der Waals surface area contributed by atoms with Crippen molar-refractivity contribution in [3.05, 3.63) is 36.8 Å². The van der Waals surface area contributed by atoms with Gasteiger partial charge in [0.05, 0.1) is 16.3 Å². The van der Waals surface area contributed by atoms with Crippen LogP contribution in [0.15, 0.2) is 41.9 Å². The molecule has 0 bridgehead atoms. The number of fused-ring (bicyclic) bond motifs is 1. The molecule has 6 rings (SSSR count). The maximum absolute atomic E-state index is 12.9. The standard InChI is InChI=1S/C22H23N9OS2/c23-17-15-3-1-6-24-20(15)34-18(17)19-27-28-22(31(19)14-4-5-14)33-13-16(32)29-9-11-30(12-10-29)21-25-7-2-8-26-21/h1-3,6-8,14H,4-5,9-13,23H2. The van der Waals surface area contributed by atoms with E-state index in [1.54, 1.807) is 24.7 Å². The first-order chi connectivity index (χ1) is 16.7. The summed E-state index contributed by atoms with van der Waals surface area (Å²) in [5.74, 6) is 1.92. The van der Waals surface area contributed by atoms with Crippen LogP contribution >= 0.6 is 23.1 Å². The number of nitrogens with two attached hydrogens (primary N) is 1.